The van der Waals surface area contributed by atoms with Crippen LogP contribution in [0.25, 0.3) is 22.6 Å². The minimum Gasteiger partial charge on any atom is -0.317 e. The quantitative estimate of drug-likeness (QED) is 0.583. The highest BCUT2D eigenvalue weighted by molar-refractivity contribution is 5.65. The van der Waals surface area contributed by atoms with E-state index in [4.69, 9.17) is 4.98 Å². The summed E-state index contributed by atoms with van der Waals surface area (Å²) in [7, 11) is 0. The summed E-state index contributed by atoms with van der Waals surface area (Å²) in [5.41, 5.74) is 5.93. The zero-order chi connectivity index (χ0) is 19.3. The van der Waals surface area contributed by atoms with Crippen molar-refractivity contribution in [3.05, 3.63) is 64.2 Å². The van der Waals surface area contributed by atoms with Crippen molar-refractivity contribution < 1.29 is 0 Å². The molecule has 0 aromatic carbocycles. The van der Waals surface area contributed by atoms with Gasteiger partial charge < -0.3 is 9.72 Å². The lowest BCUT2D eigenvalue weighted by molar-refractivity contribution is 0.452. The van der Waals surface area contributed by atoms with Crippen molar-refractivity contribution in [1.82, 2.24) is 29.1 Å². The van der Waals surface area contributed by atoms with Crippen LogP contribution < -0.4 is 10.9 Å². The maximum atomic E-state index is 12.8. The van der Waals surface area contributed by atoms with Crippen LogP contribution in [-0.4, -0.2) is 36.8 Å². The number of nitrogens with one attached hydrogen (secondary N) is 1. The molecule has 4 aromatic rings. The highest BCUT2D eigenvalue weighted by atomic mass is 16.1. The highest BCUT2D eigenvalue weighted by Gasteiger charge is 2.17. The van der Waals surface area contributed by atoms with Crippen molar-refractivity contribution in [2.24, 2.45) is 0 Å². The number of imidazole rings is 1. The van der Waals surface area contributed by atoms with E-state index in [1.165, 1.54) is 0 Å². The Morgan fingerprint density at radius 2 is 1.89 bits per heavy atom. The Morgan fingerprint density at radius 3 is 2.71 bits per heavy atom. The normalized spacial score (nSPS) is 15.5. The van der Waals surface area contributed by atoms with Gasteiger partial charge in [0.05, 0.1) is 23.3 Å². The fourth-order valence-corrected chi connectivity index (χ4v) is 4.04. The molecule has 7 nitrogen and oxygen atoms in total. The number of fused-ring (bicyclic) bond motifs is 2. The molecule has 0 aliphatic carbocycles. The lowest BCUT2D eigenvalue weighted by Gasteiger charge is -2.22. The Balaban J connectivity index is 1.60. The van der Waals surface area contributed by atoms with Crippen molar-refractivity contribution in [2.45, 2.75) is 32.6 Å². The van der Waals surface area contributed by atoms with E-state index in [9.17, 15) is 4.79 Å². The first-order chi connectivity index (χ1) is 13.6. The number of nitrogens with zero attached hydrogens (tertiary/aromatic N) is 5. The monoisotopic (exact) mass is 374 g/mol. The first-order valence-electron chi connectivity index (χ1n) is 9.65. The lowest BCUT2D eigenvalue weighted by atomic mass is 9.95. The molecular formula is C21H22N6O. The summed E-state index contributed by atoms with van der Waals surface area (Å²) in [6.07, 6.45) is 9.61. The molecule has 0 unspecified atom stereocenters. The lowest BCUT2D eigenvalue weighted by Crippen LogP contribution is -2.27. The van der Waals surface area contributed by atoms with Gasteiger partial charge in [-0.1, -0.05) is 0 Å². The standard InChI is InChI=1S/C21H22N6O/c1-13-7-16(11-26-10-14(2)24-21(13)26)17-8-20(28)27-12-18(23-9-19(27)25-17)15-3-5-22-6-4-15/h7-12,15,22H,3-6H2,1-2H3. The van der Waals surface area contributed by atoms with E-state index in [0.29, 0.717) is 17.3 Å². The Morgan fingerprint density at radius 1 is 1.07 bits per heavy atom. The summed E-state index contributed by atoms with van der Waals surface area (Å²) in [6.45, 7) is 5.97. The smallest absolute Gasteiger partial charge is 0.258 e. The Labute approximate surface area is 162 Å². The maximum Gasteiger partial charge on any atom is 0.258 e. The molecule has 1 N–H and O–H groups in total. The third kappa shape index (κ3) is 2.88. The fraction of sp³-hybridized carbons (Fsp3) is 0.333. The Bertz CT molecular complexity index is 1250. The molecule has 5 rings (SSSR count). The molecule has 7 heteroatoms. The van der Waals surface area contributed by atoms with Crippen LogP contribution in [0.5, 0.6) is 0 Å². The van der Waals surface area contributed by atoms with E-state index in [-0.39, 0.29) is 5.56 Å². The topological polar surface area (TPSA) is 76.6 Å². The molecule has 5 heterocycles. The van der Waals surface area contributed by atoms with Crippen molar-refractivity contribution >= 4 is 11.3 Å². The third-order valence-corrected chi connectivity index (χ3v) is 5.48. The van der Waals surface area contributed by atoms with Crippen molar-refractivity contribution in [3.63, 3.8) is 0 Å². The van der Waals surface area contributed by atoms with Crippen molar-refractivity contribution in [2.75, 3.05) is 13.1 Å². The van der Waals surface area contributed by atoms with Crippen LogP contribution in [0.15, 0.2) is 41.7 Å². The van der Waals surface area contributed by atoms with Crippen LogP contribution in [0, 0.1) is 13.8 Å². The minimum atomic E-state index is -0.0860. The van der Waals surface area contributed by atoms with E-state index >= 15 is 0 Å². The van der Waals surface area contributed by atoms with Gasteiger partial charge in [-0.2, -0.15) is 0 Å². The molecule has 28 heavy (non-hydrogen) atoms. The van der Waals surface area contributed by atoms with Gasteiger partial charge in [0.1, 0.15) is 5.65 Å². The van der Waals surface area contributed by atoms with Gasteiger partial charge in [0, 0.05) is 36.1 Å². The molecule has 1 fully saturated rings. The van der Waals surface area contributed by atoms with Gasteiger partial charge >= 0.3 is 0 Å². The van der Waals surface area contributed by atoms with Gasteiger partial charge in [0.15, 0.2) is 5.65 Å². The summed E-state index contributed by atoms with van der Waals surface area (Å²) in [4.78, 5) is 26.7. The van der Waals surface area contributed by atoms with Crippen LogP contribution in [0.1, 0.15) is 35.7 Å². The Hall–Kier alpha value is -3.06. The predicted molar refractivity (Wildman–Crippen MR) is 108 cm³/mol. The molecule has 1 aliphatic rings. The minimum absolute atomic E-state index is 0.0860. The summed E-state index contributed by atoms with van der Waals surface area (Å²) in [6, 6.07) is 3.63. The number of pyridine rings is 1. The number of aromatic nitrogens is 5. The maximum absolute atomic E-state index is 12.8. The summed E-state index contributed by atoms with van der Waals surface area (Å²) >= 11 is 0. The Kier molecular flexibility index (Phi) is 3.98. The molecular weight excluding hydrogens is 352 g/mol. The number of aryl methyl sites for hydroxylation is 2. The largest absolute Gasteiger partial charge is 0.317 e. The van der Waals surface area contributed by atoms with Crippen molar-refractivity contribution in [3.8, 4) is 11.3 Å². The second-order valence-corrected chi connectivity index (χ2v) is 7.57. The van der Waals surface area contributed by atoms with E-state index in [1.807, 2.05) is 42.9 Å². The molecule has 0 spiro atoms. The second-order valence-electron chi connectivity index (χ2n) is 7.57. The van der Waals surface area contributed by atoms with Crippen LogP contribution in [0.3, 0.4) is 0 Å². The van der Waals surface area contributed by atoms with Gasteiger partial charge in [0.2, 0.25) is 0 Å². The average molecular weight is 374 g/mol. The summed E-state index contributed by atoms with van der Waals surface area (Å²) < 4.78 is 3.60. The van der Waals surface area contributed by atoms with Gasteiger partial charge in [-0.15, -0.1) is 0 Å². The first-order valence-corrected chi connectivity index (χ1v) is 9.65. The molecule has 142 valence electrons. The summed E-state index contributed by atoms with van der Waals surface area (Å²) in [5.74, 6) is 0.395. The zero-order valence-corrected chi connectivity index (χ0v) is 16.0. The molecule has 0 bridgehead atoms. The van der Waals surface area contributed by atoms with E-state index < -0.39 is 0 Å². The van der Waals surface area contributed by atoms with Crippen LogP contribution in [0.2, 0.25) is 0 Å². The molecule has 1 saturated heterocycles. The molecule has 0 saturated carbocycles. The zero-order valence-electron chi connectivity index (χ0n) is 16.0. The average Bonchev–Trinajstić information content (AvgIpc) is 3.09. The SMILES string of the molecule is Cc1cn2cc(-c3cc(=O)n4cc(C5CCNCC5)ncc4n3)cc(C)c2n1. The van der Waals surface area contributed by atoms with Crippen LogP contribution in [0.4, 0.5) is 0 Å². The van der Waals surface area contributed by atoms with Crippen molar-refractivity contribution in [1.29, 1.82) is 0 Å². The predicted octanol–water partition coefficient (Wildman–Crippen LogP) is 2.49. The number of hydrogen-bond donors (Lipinski definition) is 1. The van der Waals surface area contributed by atoms with Gasteiger partial charge in [-0.3, -0.25) is 14.2 Å². The molecule has 0 radical (unpaired) electrons. The van der Waals surface area contributed by atoms with Gasteiger partial charge in [-0.05, 0) is 51.4 Å². The molecule has 1 aliphatic heterocycles. The van der Waals surface area contributed by atoms with Gasteiger partial charge in [-0.25, -0.2) is 9.97 Å². The third-order valence-electron chi connectivity index (χ3n) is 5.48. The molecule has 4 aromatic heterocycles. The molecule has 0 amide bonds. The second kappa shape index (κ2) is 6.53. The number of piperidine rings is 1. The van der Waals surface area contributed by atoms with E-state index in [2.05, 4.69) is 15.3 Å². The number of rotatable bonds is 2. The fourth-order valence-electron chi connectivity index (χ4n) is 4.04. The van der Waals surface area contributed by atoms with Crippen LogP contribution in [-0.2, 0) is 0 Å². The first kappa shape index (κ1) is 17.1. The van der Waals surface area contributed by atoms with E-state index in [1.54, 1.807) is 16.7 Å². The van der Waals surface area contributed by atoms with E-state index in [0.717, 1.165) is 54.1 Å². The number of hydrogen-bond acceptors (Lipinski definition) is 5. The molecule has 0 atom stereocenters. The van der Waals surface area contributed by atoms with Crippen LogP contribution >= 0.6 is 0 Å². The van der Waals surface area contributed by atoms with Gasteiger partial charge in [0.25, 0.3) is 5.56 Å². The summed E-state index contributed by atoms with van der Waals surface area (Å²) in [5, 5.41) is 3.36. The highest BCUT2D eigenvalue weighted by Crippen LogP contribution is 2.24.